The number of ketones is 1. The van der Waals surface area contributed by atoms with Crippen LogP contribution in [0.25, 0.3) is 10.9 Å². The third-order valence-electron chi connectivity index (χ3n) is 6.18. The van der Waals surface area contributed by atoms with Gasteiger partial charge in [-0.1, -0.05) is 48.5 Å². The van der Waals surface area contributed by atoms with E-state index >= 15 is 0 Å². The van der Waals surface area contributed by atoms with Crippen LogP contribution in [0.3, 0.4) is 0 Å². The zero-order valence-corrected chi connectivity index (χ0v) is 21.0. The molecular formula is C28H36N6O3. The Morgan fingerprint density at radius 1 is 0.919 bits per heavy atom. The molecule has 9 heteroatoms. The molecular weight excluding hydrogens is 468 g/mol. The second kappa shape index (κ2) is 14.2. The molecule has 3 aromatic rings. The Hall–Kier alpha value is -3.66. The Morgan fingerprint density at radius 2 is 1.59 bits per heavy atom. The number of carbonyl (C=O) groups excluding carboxylic acids is 3. The first-order valence-corrected chi connectivity index (χ1v) is 12.6. The van der Waals surface area contributed by atoms with Gasteiger partial charge in [0.15, 0.2) is 5.78 Å². The molecule has 37 heavy (non-hydrogen) atoms. The SMILES string of the molecule is NCCN(CCN)C(=O)C[C@H](N)C(=O)N[C@@H](CCc1ccccc1)C(=O)Cc1cnc2ccccc2c1. The van der Waals surface area contributed by atoms with E-state index in [2.05, 4.69) is 10.3 Å². The topological polar surface area (TPSA) is 157 Å². The number of nitrogens with one attached hydrogen (secondary N) is 1. The lowest BCUT2D eigenvalue weighted by molar-refractivity contribution is -0.134. The van der Waals surface area contributed by atoms with Crippen LogP contribution in [-0.4, -0.2) is 65.7 Å². The van der Waals surface area contributed by atoms with Crippen LogP contribution < -0.4 is 22.5 Å². The molecule has 3 rings (SSSR count). The Labute approximate surface area is 217 Å². The number of hydrogen-bond donors (Lipinski definition) is 4. The summed E-state index contributed by atoms with van der Waals surface area (Å²) in [6.07, 6.45) is 2.61. The molecule has 0 bridgehead atoms. The number of nitrogens with two attached hydrogens (primary N) is 3. The van der Waals surface area contributed by atoms with E-state index in [-0.39, 0.29) is 37.6 Å². The fraction of sp³-hybridized carbons (Fsp3) is 0.357. The fourth-order valence-electron chi connectivity index (χ4n) is 4.17. The zero-order chi connectivity index (χ0) is 26.6. The Balaban J connectivity index is 1.69. The van der Waals surface area contributed by atoms with Crippen LogP contribution in [0.4, 0.5) is 0 Å². The summed E-state index contributed by atoms with van der Waals surface area (Å²) in [5, 5.41) is 3.74. The van der Waals surface area contributed by atoms with Gasteiger partial charge in [-0.2, -0.15) is 0 Å². The number of pyridine rings is 1. The largest absolute Gasteiger partial charge is 0.345 e. The van der Waals surface area contributed by atoms with Gasteiger partial charge >= 0.3 is 0 Å². The van der Waals surface area contributed by atoms with Crippen LogP contribution in [0.15, 0.2) is 66.9 Å². The molecule has 9 nitrogen and oxygen atoms in total. The van der Waals surface area contributed by atoms with E-state index in [1.54, 1.807) is 6.20 Å². The van der Waals surface area contributed by atoms with Gasteiger partial charge in [0.05, 0.1) is 24.0 Å². The van der Waals surface area contributed by atoms with Crippen molar-refractivity contribution in [3.05, 3.63) is 78.0 Å². The summed E-state index contributed by atoms with van der Waals surface area (Å²) in [7, 11) is 0. The summed E-state index contributed by atoms with van der Waals surface area (Å²) in [4.78, 5) is 44.8. The number of para-hydroxylation sites is 1. The molecule has 196 valence electrons. The summed E-state index contributed by atoms with van der Waals surface area (Å²) in [6, 6.07) is 17.5. The van der Waals surface area contributed by atoms with Gasteiger partial charge in [-0.3, -0.25) is 19.4 Å². The Kier molecular flexibility index (Phi) is 10.7. The van der Waals surface area contributed by atoms with Crippen LogP contribution in [-0.2, 0) is 27.2 Å². The smallest absolute Gasteiger partial charge is 0.238 e. The summed E-state index contributed by atoms with van der Waals surface area (Å²) >= 11 is 0. The monoisotopic (exact) mass is 504 g/mol. The number of benzene rings is 2. The lowest BCUT2D eigenvalue weighted by Crippen LogP contribution is -2.51. The van der Waals surface area contributed by atoms with Crippen molar-refractivity contribution in [3.8, 4) is 0 Å². The fourth-order valence-corrected chi connectivity index (χ4v) is 4.17. The van der Waals surface area contributed by atoms with E-state index in [0.717, 1.165) is 22.0 Å². The highest BCUT2D eigenvalue weighted by Crippen LogP contribution is 2.15. The van der Waals surface area contributed by atoms with Crippen molar-refractivity contribution in [2.45, 2.75) is 37.8 Å². The van der Waals surface area contributed by atoms with Gasteiger partial charge in [0.1, 0.15) is 0 Å². The van der Waals surface area contributed by atoms with E-state index in [1.165, 1.54) is 4.90 Å². The summed E-state index contributed by atoms with van der Waals surface area (Å²) in [6.45, 7) is 1.24. The second-order valence-corrected chi connectivity index (χ2v) is 9.03. The molecule has 1 aromatic heterocycles. The average Bonchev–Trinajstić information content (AvgIpc) is 2.91. The first-order valence-electron chi connectivity index (χ1n) is 12.6. The number of fused-ring (bicyclic) bond motifs is 1. The lowest BCUT2D eigenvalue weighted by atomic mass is 9.97. The number of aromatic nitrogens is 1. The van der Waals surface area contributed by atoms with Gasteiger partial charge in [-0.25, -0.2) is 0 Å². The van der Waals surface area contributed by atoms with Crippen LogP contribution in [0, 0.1) is 0 Å². The van der Waals surface area contributed by atoms with E-state index in [0.29, 0.717) is 25.9 Å². The van der Waals surface area contributed by atoms with Crippen molar-refractivity contribution in [2.24, 2.45) is 17.2 Å². The molecule has 0 saturated heterocycles. The van der Waals surface area contributed by atoms with Crippen molar-refractivity contribution in [1.82, 2.24) is 15.2 Å². The highest BCUT2D eigenvalue weighted by atomic mass is 16.2. The maximum atomic E-state index is 13.3. The van der Waals surface area contributed by atoms with Crippen LogP contribution >= 0.6 is 0 Å². The predicted molar refractivity (Wildman–Crippen MR) is 144 cm³/mol. The third-order valence-corrected chi connectivity index (χ3v) is 6.18. The minimum Gasteiger partial charge on any atom is -0.345 e. The van der Waals surface area contributed by atoms with Crippen molar-refractivity contribution < 1.29 is 14.4 Å². The first kappa shape index (κ1) is 27.9. The molecule has 0 fully saturated rings. The standard InChI is InChI=1S/C28H36N6O3/c29-12-14-34(15-13-30)27(36)18-23(31)28(37)33-25(11-10-20-6-2-1-3-7-20)26(35)17-21-16-22-8-4-5-9-24(22)32-19-21/h1-9,16,19,23,25H,10-15,17-18,29-31H2,(H,33,37)/t23-,25-/m0/s1. The number of carbonyl (C=O) groups is 3. The molecule has 0 aliphatic heterocycles. The minimum atomic E-state index is -1.10. The van der Waals surface area contributed by atoms with Gasteiger partial charge in [0, 0.05) is 44.2 Å². The predicted octanol–water partition coefficient (Wildman–Crippen LogP) is 0.927. The van der Waals surface area contributed by atoms with Gasteiger partial charge < -0.3 is 27.4 Å². The number of Topliss-reactive ketones (excluding diaryl/α,β-unsaturated/α-hetero) is 1. The van der Waals surface area contributed by atoms with E-state index in [9.17, 15) is 14.4 Å². The van der Waals surface area contributed by atoms with E-state index in [1.807, 2.05) is 60.7 Å². The maximum Gasteiger partial charge on any atom is 0.238 e. The number of hydrogen-bond acceptors (Lipinski definition) is 7. The van der Waals surface area contributed by atoms with Gasteiger partial charge in [-0.05, 0) is 36.1 Å². The third kappa shape index (κ3) is 8.45. The number of aryl methyl sites for hydroxylation is 1. The molecule has 2 aromatic carbocycles. The minimum absolute atomic E-state index is 0.118. The summed E-state index contributed by atoms with van der Waals surface area (Å²) in [5.74, 6) is -0.988. The molecule has 0 aliphatic rings. The van der Waals surface area contributed by atoms with Crippen molar-refractivity contribution in [3.63, 3.8) is 0 Å². The number of rotatable bonds is 14. The molecule has 7 N–H and O–H groups in total. The lowest BCUT2D eigenvalue weighted by Gasteiger charge is -2.24. The quantitative estimate of drug-likeness (QED) is 0.254. The van der Waals surface area contributed by atoms with Gasteiger partial charge in [-0.15, -0.1) is 0 Å². The highest BCUT2D eigenvalue weighted by molar-refractivity contribution is 5.94. The molecule has 0 saturated carbocycles. The molecule has 2 amide bonds. The molecule has 1 heterocycles. The first-order chi connectivity index (χ1) is 17.9. The van der Waals surface area contributed by atoms with Gasteiger partial charge in [0.2, 0.25) is 11.8 Å². The van der Waals surface area contributed by atoms with E-state index in [4.69, 9.17) is 17.2 Å². The Bertz CT molecular complexity index is 1180. The van der Waals surface area contributed by atoms with Crippen molar-refractivity contribution >= 4 is 28.5 Å². The molecule has 0 aliphatic carbocycles. The van der Waals surface area contributed by atoms with Crippen LogP contribution in [0.2, 0.25) is 0 Å². The Morgan fingerprint density at radius 3 is 2.30 bits per heavy atom. The normalized spacial score (nSPS) is 12.6. The second-order valence-electron chi connectivity index (χ2n) is 9.03. The van der Waals surface area contributed by atoms with E-state index < -0.39 is 18.0 Å². The van der Waals surface area contributed by atoms with Crippen LogP contribution in [0.5, 0.6) is 0 Å². The van der Waals surface area contributed by atoms with Crippen LogP contribution in [0.1, 0.15) is 24.0 Å². The average molecular weight is 505 g/mol. The highest BCUT2D eigenvalue weighted by Gasteiger charge is 2.26. The van der Waals surface area contributed by atoms with Crippen molar-refractivity contribution in [2.75, 3.05) is 26.2 Å². The number of amides is 2. The maximum absolute atomic E-state index is 13.3. The molecule has 0 unspecified atom stereocenters. The van der Waals surface area contributed by atoms with Gasteiger partial charge in [0.25, 0.3) is 0 Å². The zero-order valence-electron chi connectivity index (χ0n) is 21.0. The molecule has 0 spiro atoms. The van der Waals surface area contributed by atoms with Crippen molar-refractivity contribution in [1.29, 1.82) is 0 Å². The molecule has 2 atom stereocenters. The summed E-state index contributed by atoms with van der Waals surface area (Å²) < 4.78 is 0. The number of nitrogens with zero attached hydrogens (tertiary/aromatic N) is 2. The molecule has 0 radical (unpaired) electrons. The summed E-state index contributed by atoms with van der Waals surface area (Å²) in [5.41, 5.74) is 19.9.